The molecule has 5 nitrogen and oxygen atoms in total. The first-order valence-electron chi connectivity index (χ1n) is 8.41. The topological polar surface area (TPSA) is 58.6 Å². The van der Waals surface area contributed by atoms with Gasteiger partial charge in [0.1, 0.15) is 11.1 Å². The molecule has 0 bridgehead atoms. The lowest BCUT2D eigenvalue weighted by atomic mass is 9.76. The van der Waals surface area contributed by atoms with Gasteiger partial charge in [-0.3, -0.25) is 9.80 Å². The van der Waals surface area contributed by atoms with Crippen molar-refractivity contribution in [2.24, 2.45) is 11.8 Å². The Morgan fingerprint density at radius 1 is 1.25 bits per heavy atom. The minimum absolute atomic E-state index is 0.00705. The zero-order chi connectivity index (χ0) is 18.1. The van der Waals surface area contributed by atoms with Crippen molar-refractivity contribution in [1.29, 1.82) is 0 Å². The number of rotatable bonds is 3. The second kappa shape index (κ2) is 6.55. The highest BCUT2D eigenvalue weighted by Crippen LogP contribution is 2.33. The van der Waals surface area contributed by atoms with Crippen molar-refractivity contribution < 1.29 is 14.3 Å². The van der Waals surface area contributed by atoms with Crippen molar-refractivity contribution in [1.82, 2.24) is 10.4 Å². The van der Waals surface area contributed by atoms with E-state index in [1.807, 2.05) is 71.9 Å². The highest BCUT2D eigenvalue weighted by Gasteiger charge is 2.51. The van der Waals surface area contributed by atoms with Gasteiger partial charge >= 0.3 is 5.97 Å². The number of carbonyl (C=O) groups excluding carboxylic acids is 2. The molecule has 1 N–H and O–H groups in total. The number of hydrogen-bond acceptors (Lipinski definition) is 4. The van der Waals surface area contributed by atoms with Gasteiger partial charge in [0.25, 0.3) is 0 Å². The summed E-state index contributed by atoms with van der Waals surface area (Å²) in [4.78, 5) is 25.4. The second-order valence-electron chi connectivity index (χ2n) is 7.80. The van der Waals surface area contributed by atoms with Crippen LogP contribution in [0.5, 0.6) is 0 Å². The van der Waals surface area contributed by atoms with Gasteiger partial charge in [-0.1, -0.05) is 44.2 Å². The molecule has 0 aliphatic carbocycles. The molecule has 1 aliphatic rings. The maximum Gasteiger partial charge on any atom is 0.328 e. The summed E-state index contributed by atoms with van der Waals surface area (Å²) in [6.45, 7) is 11.5. The monoisotopic (exact) mass is 332 g/mol. The Kier molecular flexibility index (Phi) is 5.04. The molecule has 1 fully saturated rings. The van der Waals surface area contributed by atoms with E-state index in [0.717, 1.165) is 5.56 Å². The number of hydrazine groups is 1. The van der Waals surface area contributed by atoms with Gasteiger partial charge in [-0.15, -0.1) is 0 Å². The first-order chi connectivity index (χ1) is 11.0. The van der Waals surface area contributed by atoms with Crippen LogP contribution in [0.15, 0.2) is 30.3 Å². The van der Waals surface area contributed by atoms with Crippen molar-refractivity contribution >= 4 is 11.9 Å². The Morgan fingerprint density at radius 3 is 2.38 bits per heavy atom. The molecule has 0 saturated carbocycles. The van der Waals surface area contributed by atoms with E-state index in [4.69, 9.17) is 4.74 Å². The number of benzene rings is 1. The second-order valence-corrected chi connectivity index (χ2v) is 7.80. The number of nitrogens with zero attached hydrogens (tertiary/aromatic N) is 1. The van der Waals surface area contributed by atoms with Crippen LogP contribution in [-0.2, 0) is 20.9 Å². The van der Waals surface area contributed by atoms with E-state index < -0.39 is 11.1 Å². The zero-order valence-electron chi connectivity index (χ0n) is 15.4. The fourth-order valence-corrected chi connectivity index (χ4v) is 2.90. The van der Waals surface area contributed by atoms with Gasteiger partial charge in [0.05, 0.1) is 6.54 Å². The maximum absolute atomic E-state index is 12.8. The first kappa shape index (κ1) is 18.5. The van der Waals surface area contributed by atoms with Crippen LogP contribution >= 0.6 is 0 Å². The lowest BCUT2D eigenvalue weighted by Crippen LogP contribution is -2.69. The Balaban J connectivity index is 2.25. The minimum atomic E-state index is -0.949. The predicted molar refractivity (Wildman–Crippen MR) is 92.7 cm³/mol. The average molecular weight is 332 g/mol. The van der Waals surface area contributed by atoms with Crippen LogP contribution in [0.3, 0.4) is 0 Å². The van der Waals surface area contributed by atoms with Crippen molar-refractivity contribution in [3.05, 3.63) is 35.9 Å². The molecular formula is C19H28N2O3. The van der Waals surface area contributed by atoms with Gasteiger partial charge in [-0.25, -0.2) is 10.2 Å². The lowest BCUT2D eigenvalue weighted by Gasteiger charge is -2.47. The third-order valence-electron chi connectivity index (χ3n) is 4.69. The highest BCUT2D eigenvalue weighted by atomic mass is 16.6. The standard InChI is InChI=1S/C19H28N2O3/c1-13-14(2)19(6,17(23)24-18(3,4)5)20-21(16(13)22)12-15-10-8-7-9-11-15/h7-11,13-14,20H,12H2,1-6H3/t13-,14-,19+/m0/s1. The van der Waals surface area contributed by atoms with Crippen LogP contribution in [0.1, 0.15) is 47.1 Å². The molecule has 1 amide bonds. The van der Waals surface area contributed by atoms with E-state index in [2.05, 4.69) is 5.43 Å². The maximum atomic E-state index is 12.8. The summed E-state index contributed by atoms with van der Waals surface area (Å²) in [6, 6.07) is 9.72. The third kappa shape index (κ3) is 3.78. The van der Waals surface area contributed by atoms with E-state index in [-0.39, 0.29) is 23.7 Å². The van der Waals surface area contributed by atoms with Crippen molar-refractivity contribution in [3.8, 4) is 0 Å². The van der Waals surface area contributed by atoms with Crippen molar-refractivity contribution in [3.63, 3.8) is 0 Å². The SMILES string of the molecule is C[C@@H]1C(=O)N(Cc2ccccc2)N[C@@](C)(C(=O)OC(C)(C)C)[C@H]1C. The van der Waals surface area contributed by atoms with Crippen LogP contribution in [0.2, 0.25) is 0 Å². The molecule has 0 radical (unpaired) electrons. The van der Waals surface area contributed by atoms with E-state index in [0.29, 0.717) is 6.54 Å². The Labute approximate surface area is 144 Å². The number of amides is 1. The smallest absolute Gasteiger partial charge is 0.328 e. The summed E-state index contributed by atoms with van der Waals surface area (Å²) in [5.74, 6) is -0.786. The fourth-order valence-electron chi connectivity index (χ4n) is 2.90. The molecule has 1 saturated heterocycles. The van der Waals surface area contributed by atoms with E-state index >= 15 is 0 Å². The third-order valence-corrected chi connectivity index (χ3v) is 4.69. The van der Waals surface area contributed by atoms with Gasteiger partial charge in [-0.05, 0) is 39.2 Å². The molecule has 1 heterocycles. The number of carbonyl (C=O) groups is 2. The molecule has 1 aliphatic heterocycles. The van der Waals surface area contributed by atoms with Gasteiger partial charge in [-0.2, -0.15) is 0 Å². The normalized spacial score (nSPS) is 27.9. The molecule has 2 rings (SSSR count). The van der Waals surface area contributed by atoms with E-state index in [1.54, 1.807) is 5.01 Å². The summed E-state index contributed by atoms with van der Waals surface area (Å²) in [5, 5.41) is 1.55. The Hall–Kier alpha value is -1.88. The van der Waals surface area contributed by atoms with Crippen LogP contribution < -0.4 is 5.43 Å². The number of esters is 1. The number of hydrogen-bond donors (Lipinski definition) is 1. The Morgan fingerprint density at radius 2 is 1.83 bits per heavy atom. The summed E-state index contributed by atoms with van der Waals surface area (Å²) in [7, 11) is 0. The summed E-state index contributed by atoms with van der Waals surface area (Å²) < 4.78 is 5.59. The van der Waals surface area contributed by atoms with E-state index in [1.165, 1.54) is 0 Å². The zero-order valence-corrected chi connectivity index (χ0v) is 15.4. The molecule has 5 heteroatoms. The fraction of sp³-hybridized carbons (Fsp3) is 0.579. The lowest BCUT2D eigenvalue weighted by molar-refractivity contribution is -0.178. The molecule has 1 aromatic carbocycles. The molecule has 3 atom stereocenters. The minimum Gasteiger partial charge on any atom is -0.459 e. The van der Waals surface area contributed by atoms with Crippen LogP contribution in [0.4, 0.5) is 0 Å². The molecule has 0 aromatic heterocycles. The molecule has 132 valence electrons. The molecule has 0 spiro atoms. The molecular weight excluding hydrogens is 304 g/mol. The summed E-state index contributed by atoms with van der Waals surface area (Å²) in [5.41, 5.74) is 2.62. The molecule has 24 heavy (non-hydrogen) atoms. The van der Waals surface area contributed by atoms with E-state index in [9.17, 15) is 9.59 Å². The Bertz CT molecular complexity index is 609. The number of ether oxygens (including phenoxy) is 1. The van der Waals surface area contributed by atoms with Gasteiger partial charge < -0.3 is 4.74 Å². The summed E-state index contributed by atoms with van der Waals surface area (Å²) >= 11 is 0. The van der Waals surface area contributed by atoms with Crippen LogP contribution in [0, 0.1) is 11.8 Å². The largest absolute Gasteiger partial charge is 0.459 e. The first-order valence-corrected chi connectivity index (χ1v) is 8.41. The molecule has 1 aromatic rings. The van der Waals surface area contributed by atoms with Gasteiger partial charge in [0.15, 0.2) is 0 Å². The highest BCUT2D eigenvalue weighted by molar-refractivity contribution is 5.87. The summed E-state index contributed by atoms with van der Waals surface area (Å²) in [6.07, 6.45) is 0. The predicted octanol–water partition coefficient (Wildman–Crippen LogP) is 2.91. The van der Waals surface area contributed by atoms with Gasteiger partial charge in [0, 0.05) is 5.92 Å². The van der Waals surface area contributed by atoms with Crippen molar-refractivity contribution in [2.45, 2.75) is 59.2 Å². The number of nitrogens with one attached hydrogen (secondary N) is 1. The average Bonchev–Trinajstić information content (AvgIpc) is 2.50. The van der Waals surface area contributed by atoms with Crippen molar-refractivity contribution in [2.75, 3.05) is 0 Å². The van der Waals surface area contributed by atoms with Crippen LogP contribution in [-0.4, -0.2) is 28.0 Å². The molecule has 0 unspecified atom stereocenters. The quantitative estimate of drug-likeness (QED) is 0.865. The van der Waals surface area contributed by atoms with Crippen LogP contribution in [0.25, 0.3) is 0 Å². The van der Waals surface area contributed by atoms with Gasteiger partial charge in [0.2, 0.25) is 5.91 Å².